The highest BCUT2D eigenvalue weighted by Gasteiger charge is 2.26. The number of hydrogen-bond acceptors (Lipinski definition) is 5. The number of rotatable bonds is 3. The number of amides is 2. The van der Waals surface area contributed by atoms with Crippen LogP contribution in [-0.4, -0.2) is 36.0 Å². The Morgan fingerprint density at radius 3 is 2.44 bits per heavy atom. The number of likely N-dealkylation sites (tertiary alicyclic amines) is 1. The van der Waals surface area contributed by atoms with Crippen molar-refractivity contribution in [1.82, 2.24) is 10.2 Å². The van der Waals surface area contributed by atoms with Gasteiger partial charge in [-0.1, -0.05) is 6.42 Å². The molecule has 4 rings (SSSR count). The van der Waals surface area contributed by atoms with Gasteiger partial charge in [-0.2, -0.15) is 0 Å². The fraction of sp³-hybridized carbons (Fsp3) is 0.368. The molecule has 0 radical (unpaired) electrons. The van der Waals surface area contributed by atoms with Crippen LogP contribution < -0.4 is 16.4 Å². The number of nitrogen functional groups attached to an aromatic ring is 1. The molecule has 1 saturated heterocycles. The molecule has 1 atom stereocenters. The number of nitrogens with two attached hydrogens (primary N) is 1. The third-order valence-electron chi connectivity index (χ3n) is 5.10. The first kappa shape index (κ1) is 15.9. The van der Waals surface area contributed by atoms with Crippen molar-refractivity contribution in [2.75, 3.05) is 24.1 Å². The van der Waals surface area contributed by atoms with E-state index in [1.807, 2.05) is 18.2 Å². The van der Waals surface area contributed by atoms with Crippen LogP contribution in [0.3, 0.4) is 0 Å². The zero-order valence-corrected chi connectivity index (χ0v) is 14.3. The summed E-state index contributed by atoms with van der Waals surface area (Å²) in [7, 11) is 0. The summed E-state index contributed by atoms with van der Waals surface area (Å²) in [6.07, 6.45) is 3.91. The Morgan fingerprint density at radius 2 is 1.72 bits per heavy atom. The molecule has 2 aromatic carbocycles. The molecule has 4 N–H and O–H groups in total. The van der Waals surface area contributed by atoms with E-state index in [0.29, 0.717) is 22.2 Å². The SMILES string of the molecule is CC(Nc1cc2c3c(cc(N)cc3c1)C(=O)NC2=O)N1CCCCC1. The van der Waals surface area contributed by atoms with Gasteiger partial charge in [0.05, 0.1) is 17.3 Å². The molecule has 6 nitrogen and oxygen atoms in total. The number of benzene rings is 2. The van der Waals surface area contributed by atoms with E-state index in [1.54, 1.807) is 6.07 Å². The molecule has 0 saturated carbocycles. The molecule has 2 heterocycles. The molecule has 2 amide bonds. The van der Waals surface area contributed by atoms with Crippen LogP contribution in [0.15, 0.2) is 24.3 Å². The smallest absolute Gasteiger partial charge is 0.258 e. The van der Waals surface area contributed by atoms with Crippen LogP contribution in [0.4, 0.5) is 11.4 Å². The number of piperidine rings is 1. The van der Waals surface area contributed by atoms with E-state index in [9.17, 15) is 9.59 Å². The van der Waals surface area contributed by atoms with Crippen LogP contribution in [0, 0.1) is 0 Å². The van der Waals surface area contributed by atoms with E-state index >= 15 is 0 Å². The number of anilines is 2. The zero-order valence-electron chi connectivity index (χ0n) is 14.3. The van der Waals surface area contributed by atoms with Gasteiger partial charge in [0.25, 0.3) is 11.8 Å². The summed E-state index contributed by atoms with van der Waals surface area (Å²) in [4.78, 5) is 26.8. The summed E-state index contributed by atoms with van der Waals surface area (Å²) >= 11 is 0. The average molecular weight is 338 g/mol. The lowest BCUT2D eigenvalue weighted by Crippen LogP contribution is -2.42. The lowest BCUT2D eigenvalue weighted by Gasteiger charge is -2.33. The van der Waals surface area contributed by atoms with Gasteiger partial charge in [0.15, 0.2) is 0 Å². The maximum atomic E-state index is 12.3. The topological polar surface area (TPSA) is 87.5 Å². The number of carbonyl (C=O) groups excluding carboxylic acids is 2. The van der Waals surface area contributed by atoms with Crippen LogP contribution >= 0.6 is 0 Å². The van der Waals surface area contributed by atoms with E-state index in [0.717, 1.165) is 24.2 Å². The fourth-order valence-corrected chi connectivity index (χ4v) is 3.86. The number of carbonyl (C=O) groups is 2. The average Bonchev–Trinajstić information content (AvgIpc) is 2.59. The molecule has 0 aliphatic carbocycles. The molecule has 6 heteroatoms. The predicted molar refractivity (Wildman–Crippen MR) is 98.7 cm³/mol. The Balaban J connectivity index is 1.74. The molecule has 0 aromatic heterocycles. The molecular weight excluding hydrogens is 316 g/mol. The Morgan fingerprint density at radius 1 is 1.04 bits per heavy atom. The summed E-state index contributed by atoms with van der Waals surface area (Å²) in [5.41, 5.74) is 8.29. The minimum absolute atomic E-state index is 0.179. The van der Waals surface area contributed by atoms with E-state index in [2.05, 4.69) is 22.5 Å². The highest BCUT2D eigenvalue weighted by molar-refractivity contribution is 6.26. The maximum absolute atomic E-state index is 12.3. The number of nitrogens with zero attached hydrogens (tertiary/aromatic N) is 1. The molecule has 0 spiro atoms. The lowest BCUT2D eigenvalue weighted by atomic mass is 9.94. The van der Waals surface area contributed by atoms with Crippen molar-refractivity contribution in [3.63, 3.8) is 0 Å². The van der Waals surface area contributed by atoms with Crippen molar-refractivity contribution in [2.45, 2.75) is 32.4 Å². The number of imide groups is 1. The van der Waals surface area contributed by atoms with Gasteiger partial charge < -0.3 is 11.1 Å². The van der Waals surface area contributed by atoms with E-state index < -0.39 is 5.91 Å². The Labute approximate surface area is 146 Å². The second-order valence-electron chi connectivity index (χ2n) is 6.89. The van der Waals surface area contributed by atoms with Gasteiger partial charge in [0.2, 0.25) is 0 Å². The van der Waals surface area contributed by atoms with Crippen molar-refractivity contribution < 1.29 is 9.59 Å². The lowest BCUT2D eigenvalue weighted by molar-refractivity contribution is 0.0845. The first-order valence-corrected chi connectivity index (χ1v) is 8.76. The second kappa shape index (κ2) is 6.04. The van der Waals surface area contributed by atoms with E-state index in [1.165, 1.54) is 19.3 Å². The van der Waals surface area contributed by atoms with Crippen molar-refractivity contribution in [3.8, 4) is 0 Å². The molecule has 25 heavy (non-hydrogen) atoms. The molecule has 2 aliphatic heterocycles. The van der Waals surface area contributed by atoms with Crippen LogP contribution in [0.25, 0.3) is 10.8 Å². The van der Waals surface area contributed by atoms with Gasteiger partial charge in [-0.15, -0.1) is 0 Å². The Hall–Kier alpha value is -2.60. The molecule has 130 valence electrons. The fourth-order valence-electron chi connectivity index (χ4n) is 3.86. The first-order valence-electron chi connectivity index (χ1n) is 8.76. The van der Waals surface area contributed by atoms with E-state index in [-0.39, 0.29) is 12.1 Å². The predicted octanol–water partition coefficient (Wildman–Crippen LogP) is 2.55. The Bertz CT molecular complexity index is 871. The summed E-state index contributed by atoms with van der Waals surface area (Å²) in [6.45, 7) is 4.30. The van der Waals surface area contributed by atoms with Gasteiger partial charge in [-0.3, -0.25) is 19.8 Å². The van der Waals surface area contributed by atoms with Gasteiger partial charge in [0.1, 0.15) is 0 Å². The van der Waals surface area contributed by atoms with Gasteiger partial charge in [-0.25, -0.2) is 0 Å². The van der Waals surface area contributed by atoms with Crippen LogP contribution in [0.5, 0.6) is 0 Å². The highest BCUT2D eigenvalue weighted by atomic mass is 16.2. The van der Waals surface area contributed by atoms with Crippen molar-refractivity contribution in [2.24, 2.45) is 0 Å². The monoisotopic (exact) mass is 338 g/mol. The maximum Gasteiger partial charge on any atom is 0.258 e. The second-order valence-corrected chi connectivity index (χ2v) is 6.89. The quantitative estimate of drug-likeness (QED) is 0.591. The standard InChI is InChI=1S/C19H22N4O2/c1-11(23-5-3-2-4-6-23)21-14-8-12-7-13(20)9-15-17(12)16(10-14)19(25)22-18(15)24/h7-11,21H,2-6,20H2,1H3,(H,22,24,25). The molecule has 1 fully saturated rings. The third-order valence-corrected chi connectivity index (χ3v) is 5.10. The minimum Gasteiger partial charge on any atom is -0.399 e. The van der Waals surface area contributed by atoms with Crippen LogP contribution in [-0.2, 0) is 0 Å². The first-order chi connectivity index (χ1) is 12.0. The highest BCUT2D eigenvalue weighted by Crippen LogP contribution is 2.32. The largest absolute Gasteiger partial charge is 0.399 e. The zero-order chi connectivity index (χ0) is 17.6. The molecule has 0 bridgehead atoms. The summed E-state index contributed by atoms with van der Waals surface area (Å²) < 4.78 is 0. The van der Waals surface area contributed by atoms with Gasteiger partial charge in [-0.05, 0) is 49.4 Å². The van der Waals surface area contributed by atoms with Gasteiger partial charge >= 0.3 is 0 Å². The third kappa shape index (κ3) is 2.82. The van der Waals surface area contributed by atoms with Crippen molar-refractivity contribution >= 4 is 34.0 Å². The van der Waals surface area contributed by atoms with Crippen molar-refractivity contribution in [1.29, 1.82) is 0 Å². The van der Waals surface area contributed by atoms with Crippen LogP contribution in [0.2, 0.25) is 0 Å². The summed E-state index contributed by atoms with van der Waals surface area (Å²) in [6, 6.07) is 7.22. The van der Waals surface area contributed by atoms with E-state index in [4.69, 9.17) is 5.73 Å². The molecule has 2 aromatic rings. The molecular formula is C19H22N4O2. The molecule has 2 aliphatic rings. The summed E-state index contributed by atoms with van der Waals surface area (Å²) in [5, 5.41) is 7.38. The van der Waals surface area contributed by atoms with Gasteiger partial charge in [0, 0.05) is 29.9 Å². The van der Waals surface area contributed by atoms with Crippen LogP contribution in [0.1, 0.15) is 46.9 Å². The normalized spacial score (nSPS) is 18.9. The summed E-state index contributed by atoms with van der Waals surface area (Å²) in [5.74, 6) is -0.751. The Kier molecular flexibility index (Phi) is 3.84. The van der Waals surface area contributed by atoms with Crippen molar-refractivity contribution in [3.05, 3.63) is 35.4 Å². The number of hydrogen-bond donors (Lipinski definition) is 3. The molecule has 1 unspecified atom stereocenters. The number of nitrogens with one attached hydrogen (secondary N) is 2. The minimum atomic E-state index is -0.391.